The largest absolute Gasteiger partial charge is 0.457 e. The van der Waals surface area contributed by atoms with Crippen molar-refractivity contribution in [2.24, 2.45) is 16.7 Å². The first-order valence-electron chi connectivity index (χ1n) is 12.3. The average Bonchev–Trinajstić information content (AvgIpc) is 3.09. The number of hydrogen-bond donors (Lipinski definition) is 1. The molecule has 0 aromatic rings. The van der Waals surface area contributed by atoms with Gasteiger partial charge in [0.15, 0.2) is 18.0 Å². The van der Waals surface area contributed by atoms with Crippen LogP contribution in [0.25, 0.3) is 0 Å². The van der Waals surface area contributed by atoms with Gasteiger partial charge in [0.1, 0.15) is 0 Å². The molecule has 0 heterocycles. The van der Waals surface area contributed by atoms with Gasteiger partial charge in [0.2, 0.25) is 5.78 Å². The number of hydrogen-bond acceptors (Lipinski definition) is 7. The molecule has 1 N–H and O–H groups in total. The minimum absolute atomic E-state index is 0.0368. The summed E-state index contributed by atoms with van der Waals surface area (Å²) in [5.41, 5.74) is 0.191. The highest BCUT2D eigenvalue weighted by Crippen LogP contribution is 2.65. The molecule has 1 unspecified atom stereocenters. The second kappa shape index (κ2) is 8.59. The zero-order valence-corrected chi connectivity index (χ0v) is 20.4. The van der Waals surface area contributed by atoms with Crippen molar-refractivity contribution in [3.8, 4) is 0 Å². The number of aliphatic hydroxyl groups excluding tert-OH is 1. The number of Topliss-reactive ketones (excluding diaryl/α,β-unsaturated/α-hetero) is 1. The molecule has 0 spiro atoms. The molecule has 184 valence electrons. The fraction of sp³-hybridized carbons (Fsp3) is 0.630. The summed E-state index contributed by atoms with van der Waals surface area (Å²) in [4.78, 5) is 49.8. The van der Waals surface area contributed by atoms with Crippen molar-refractivity contribution in [3.63, 3.8) is 0 Å². The molecular formula is C27H34O7. The van der Waals surface area contributed by atoms with E-state index in [1.165, 1.54) is 0 Å². The van der Waals surface area contributed by atoms with E-state index >= 15 is 0 Å². The predicted octanol–water partition coefficient (Wildman–Crippen LogP) is 3.54. The number of ether oxygens (including phenoxy) is 2. The van der Waals surface area contributed by atoms with E-state index in [-0.39, 0.29) is 31.0 Å². The Morgan fingerprint density at radius 2 is 1.82 bits per heavy atom. The van der Waals surface area contributed by atoms with Crippen LogP contribution in [0.5, 0.6) is 0 Å². The van der Waals surface area contributed by atoms with Crippen molar-refractivity contribution >= 4 is 23.5 Å². The van der Waals surface area contributed by atoms with Crippen LogP contribution in [0.3, 0.4) is 0 Å². The van der Waals surface area contributed by atoms with Crippen molar-refractivity contribution in [1.82, 2.24) is 0 Å². The lowest BCUT2D eigenvalue weighted by molar-refractivity contribution is -0.187. The molecule has 0 radical (unpaired) electrons. The van der Waals surface area contributed by atoms with Crippen LogP contribution in [0.15, 0.2) is 34.9 Å². The zero-order valence-electron chi connectivity index (χ0n) is 20.4. The van der Waals surface area contributed by atoms with E-state index in [0.717, 1.165) is 16.7 Å². The summed E-state index contributed by atoms with van der Waals surface area (Å²) >= 11 is 0. The van der Waals surface area contributed by atoms with Gasteiger partial charge < -0.3 is 14.6 Å². The first-order valence-corrected chi connectivity index (χ1v) is 12.3. The highest BCUT2D eigenvalue weighted by Gasteiger charge is 2.67. The second-order valence-electron chi connectivity index (χ2n) is 10.4. The van der Waals surface area contributed by atoms with Gasteiger partial charge in [-0.2, -0.15) is 0 Å². The Hall–Kier alpha value is -2.54. The number of esters is 2. The van der Waals surface area contributed by atoms with Crippen LogP contribution in [-0.4, -0.2) is 46.9 Å². The van der Waals surface area contributed by atoms with Gasteiger partial charge in [-0.25, -0.2) is 0 Å². The van der Waals surface area contributed by atoms with Crippen molar-refractivity contribution in [1.29, 1.82) is 0 Å². The Morgan fingerprint density at radius 3 is 2.50 bits per heavy atom. The van der Waals surface area contributed by atoms with Crippen LogP contribution in [0.1, 0.15) is 72.6 Å². The second-order valence-corrected chi connectivity index (χ2v) is 10.4. The maximum absolute atomic E-state index is 13.6. The Bertz CT molecular complexity index is 1030. The first kappa shape index (κ1) is 24.6. The maximum atomic E-state index is 13.6. The van der Waals surface area contributed by atoms with Crippen LogP contribution >= 0.6 is 0 Å². The molecule has 0 aromatic carbocycles. The molecule has 7 nitrogen and oxygen atoms in total. The van der Waals surface area contributed by atoms with Gasteiger partial charge in [-0.15, -0.1) is 0 Å². The van der Waals surface area contributed by atoms with Crippen LogP contribution in [-0.2, 0) is 28.7 Å². The summed E-state index contributed by atoms with van der Waals surface area (Å²) in [5, 5.41) is 11.5. The molecule has 4 rings (SSSR count). The summed E-state index contributed by atoms with van der Waals surface area (Å²) in [6.45, 7) is 6.83. The van der Waals surface area contributed by atoms with E-state index in [4.69, 9.17) is 9.47 Å². The van der Waals surface area contributed by atoms with E-state index in [2.05, 4.69) is 0 Å². The molecule has 34 heavy (non-hydrogen) atoms. The molecule has 0 amide bonds. The standard InChI is InChI=1S/C27H34O7/c1-5-22(31)33-15-21(30)27(34-23(32)6-2)12-10-19-18-8-7-16-13-17(28)9-11-25(16,3)24(18)20(29)14-26(19,27)4/h9,11,13,19-20,29H,5-8,10,12,14-15H2,1-4H3/t19-,20?,25-,26-,27-/m0/s1. The highest BCUT2D eigenvalue weighted by atomic mass is 16.6. The van der Waals surface area contributed by atoms with Gasteiger partial charge in [-0.3, -0.25) is 19.2 Å². The molecule has 5 atom stereocenters. The third-order valence-electron chi connectivity index (χ3n) is 8.66. The highest BCUT2D eigenvalue weighted by molar-refractivity contribution is 6.01. The normalized spacial score (nSPS) is 36.3. The lowest BCUT2D eigenvalue weighted by Crippen LogP contribution is -2.59. The first-order chi connectivity index (χ1) is 16.0. The molecular weight excluding hydrogens is 436 g/mol. The van der Waals surface area contributed by atoms with Crippen LogP contribution in [0.2, 0.25) is 0 Å². The van der Waals surface area contributed by atoms with Crippen LogP contribution in [0.4, 0.5) is 0 Å². The van der Waals surface area contributed by atoms with E-state index in [9.17, 15) is 24.3 Å². The Morgan fingerprint density at radius 1 is 1.12 bits per heavy atom. The third kappa shape index (κ3) is 3.51. The van der Waals surface area contributed by atoms with Crippen molar-refractivity contribution in [2.45, 2.75) is 84.3 Å². The smallest absolute Gasteiger partial charge is 0.306 e. The zero-order chi connectivity index (χ0) is 24.9. The number of allylic oxidation sites excluding steroid dienone is 5. The van der Waals surface area contributed by atoms with E-state index < -0.39 is 46.9 Å². The number of carbonyl (C=O) groups excluding carboxylic acids is 4. The molecule has 1 fully saturated rings. The minimum Gasteiger partial charge on any atom is -0.457 e. The third-order valence-corrected chi connectivity index (χ3v) is 8.66. The molecule has 7 heteroatoms. The van der Waals surface area contributed by atoms with Crippen LogP contribution < -0.4 is 0 Å². The average molecular weight is 471 g/mol. The van der Waals surface area contributed by atoms with E-state index in [1.807, 2.05) is 19.9 Å². The van der Waals surface area contributed by atoms with Crippen molar-refractivity contribution < 1.29 is 33.8 Å². The van der Waals surface area contributed by atoms with Gasteiger partial charge in [-0.05, 0) is 62.7 Å². The molecule has 1 saturated carbocycles. The summed E-state index contributed by atoms with van der Waals surface area (Å²) < 4.78 is 11.1. The van der Waals surface area contributed by atoms with Gasteiger partial charge >= 0.3 is 11.9 Å². The SMILES string of the molecule is CCC(=O)OCC(=O)[C@@]1(OC(=O)CC)CC[C@H]2C3=C(C(O)C[C@@]21C)[C@@]1(C)C=CC(=O)C=C1CC3. The van der Waals surface area contributed by atoms with E-state index in [1.54, 1.807) is 26.0 Å². The number of fused-ring (bicyclic) bond motifs is 4. The fourth-order valence-corrected chi connectivity index (χ4v) is 6.90. The predicted molar refractivity (Wildman–Crippen MR) is 123 cm³/mol. The lowest BCUT2D eigenvalue weighted by atomic mass is 9.52. The maximum Gasteiger partial charge on any atom is 0.306 e. The molecule has 0 bridgehead atoms. The molecule has 4 aliphatic rings. The van der Waals surface area contributed by atoms with Gasteiger partial charge in [0, 0.05) is 23.7 Å². The Balaban J connectivity index is 1.78. The number of carbonyl (C=O) groups is 4. The Kier molecular flexibility index (Phi) is 6.21. The van der Waals surface area contributed by atoms with Gasteiger partial charge in [0.05, 0.1) is 6.10 Å². The minimum atomic E-state index is -1.46. The summed E-state index contributed by atoms with van der Waals surface area (Å²) in [5.74, 6) is -1.50. The quantitative estimate of drug-likeness (QED) is 0.467. The topological polar surface area (TPSA) is 107 Å². The summed E-state index contributed by atoms with van der Waals surface area (Å²) in [6, 6.07) is 0. The molecule has 0 aliphatic heterocycles. The lowest BCUT2D eigenvalue weighted by Gasteiger charge is -2.53. The Labute approximate surface area is 200 Å². The van der Waals surface area contributed by atoms with Gasteiger partial charge in [0.25, 0.3) is 0 Å². The van der Waals surface area contributed by atoms with Crippen LogP contribution in [0, 0.1) is 16.7 Å². The van der Waals surface area contributed by atoms with E-state index in [0.29, 0.717) is 25.7 Å². The summed E-state index contributed by atoms with van der Waals surface area (Å²) in [6.07, 6.45) is 7.12. The number of aliphatic hydroxyl groups is 1. The number of ketones is 2. The van der Waals surface area contributed by atoms with Crippen molar-refractivity contribution in [2.75, 3.05) is 6.61 Å². The molecule has 0 aromatic heterocycles. The van der Waals surface area contributed by atoms with Crippen molar-refractivity contribution in [3.05, 3.63) is 34.9 Å². The monoisotopic (exact) mass is 470 g/mol. The molecule has 0 saturated heterocycles. The number of rotatable bonds is 6. The molecule has 4 aliphatic carbocycles. The fourth-order valence-electron chi connectivity index (χ4n) is 6.90. The van der Waals surface area contributed by atoms with Gasteiger partial charge in [-0.1, -0.05) is 38.0 Å². The summed E-state index contributed by atoms with van der Waals surface area (Å²) in [7, 11) is 0.